The van der Waals surface area contributed by atoms with Crippen molar-refractivity contribution in [2.75, 3.05) is 37.9 Å². The molecule has 2 fully saturated rings. The molecule has 2 saturated heterocycles. The molecule has 290 valence electrons. The molecule has 2 aliphatic heterocycles. The molecular formula is C48H51NO7. The van der Waals surface area contributed by atoms with Gasteiger partial charge in [-0.2, -0.15) is 0 Å². The lowest BCUT2D eigenvalue weighted by molar-refractivity contribution is 0.0734. The summed E-state index contributed by atoms with van der Waals surface area (Å²) in [5.74, 6) is 1.59. The molecule has 2 heterocycles. The maximum absolute atomic E-state index is 13.8. The van der Waals surface area contributed by atoms with E-state index in [1.54, 1.807) is 29.2 Å². The fourth-order valence-electron chi connectivity index (χ4n) is 6.57. The van der Waals surface area contributed by atoms with Gasteiger partial charge in [-0.05, 0) is 140 Å². The van der Waals surface area contributed by atoms with Gasteiger partial charge in [-0.3, -0.25) is 4.79 Å². The maximum atomic E-state index is 13.8. The van der Waals surface area contributed by atoms with Crippen LogP contribution in [0.3, 0.4) is 0 Å². The molecule has 2 unspecified atom stereocenters. The van der Waals surface area contributed by atoms with E-state index in [-0.39, 0.29) is 5.91 Å². The smallest absolute Gasteiger partial charge is 0.343 e. The molecule has 0 aliphatic carbocycles. The van der Waals surface area contributed by atoms with Crippen LogP contribution in [0.15, 0.2) is 121 Å². The molecule has 8 heteroatoms. The maximum Gasteiger partial charge on any atom is 0.343 e. The van der Waals surface area contributed by atoms with Crippen LogP contribution < -0.4 is 19.1 Å². The van der Waals surface area contributed by atoms with Gasteiger partial charge in [0.1, 0.15) is 17.2 Å². The fourth-order valence-corrected chi connectivity index (χ4v) is 6.57. The molecule has 56 heavy (non-hydrogen) atoms. The number of epoxide rings is 2. The Bertz CT molecular complexity index is 1980. The van der Waals surface area contributed by atoms with E-state index in [1.165, 1.54) is 0 Å². The molecule has 1 amide bonds. The Labute approximate surface area is 330 Å². The third-order valence-corrected chi connectivity index (χ3v) is 10.2. The number of esters is 1. The summed E-state index contributed by atoms with van der Waals surface area (Å²) in [6.07, 6.45) is 9.24. The van der Waals surface area contributed by atoms with Crippen molar-refractivity contribution in [3.8, 4) is 39.5 Å². The van der Waals surface area contributed by atoms with Gasteiger partial charge < -0.3 is 28.6 Å². The molecule has 0 N–H and O–H groups in total. The van der Waals surface area contributed by atoms with Crippen molar-refractivity contribution in [3.05, 3.63) is 132 Å². The number of rotatable bonds is 21. The highest BCUT2D eigenvalue weighted by molar-refractivity contribution is 6.06. The van der Waals surface area contributed by atoms with Gasteiger partial charge in [0.25, 0.3) is 5.91 Å². The molecule has 0 bridgehead atoms. The van der Waals surface area contributed by atoms with Crippen molar-refractivity contribution in [2.45, 2.75) is 70.5 Å². The van der Waals surface area contributed by atoms with Crippen LogP contribution in [0, 0.1) is 0 Å². The Morgan fingerprint density at radius 2 is 0.982 bits per heavy atom. The van der Waals surface area contributed by atoms with Crippen molar-refractivity contribution in [2.24, 2.45) is 0 Å². The largest absolute Gasteiger partial charge is 0.494 e. The average molecular weight is 754 g/mol. The Balaban J connectivity index is 0.903. The zero-order chi connectivity index (χ0) is 38.5. The van der Waals surface area contributed by atoms with E-state index in [2.05, 4.69) is 6.92 Å². The molecule has 0 aromatic heterocycles. The van der Waals surface area contributed by atoms with Gasteiger partial charge in [0, 0.05) is 17.8 Å². The molecule has 7 rings (SSSR count). The minimum atomic E-state index is -0.447. The van der Waals surface area contributed by atoms with Crippen LogP contribution in [-0.4, -0.2) is 57.1 Å². The summed E-state index contributed by atoms with van der Waals surface area (Å²) >= 11 is 0. The van der Waals surface area contributed by atoms with E-state index < -0.39 is 5.97 Å². The number of unbranched alkanes of at least 4 members (excludes halogenated alkanes) is 3. The van der Waals surface area contributed by atoms with Crippen LogP contribution in [0.5, 0.6) is 17.2 Å². The van der Waals surface area contributed by atoms with Crippen molar-refractivity contribution >= 4 is 17.6 Å². The predicted molar refractivity (Wildman–Crippen MR) is 220 cm³/mol. The first kappa shape index (κ1) is 38.8. The van der Waals surface area contributed by atoms with E-state index in [0.29, 0.717) is 48.8 Å². The monoisotopic (exact) mass is 753 g/mol. The third kappa shape index (κ3) is 11.3. The first-order chi connectivity index (χ1) is 27.5. The Morgan fingerprint density at radius 1 is 0.554 bits per heavy atom. The zero-order valence-corrected chi connectivity index (χ0v) is 32.2. The first-order valence-electron chi connectivity index (χ1n) is 20.1. The second-order valence-corrected chi connectivity index (χ2v) is 14.5. The highest BCUT2D eigenvalue weighted by Gasteiger charge is 2.22. The van der Waals surface area contributed by atoms with Gasteiger partial charge in [0.05, 0.1) is 44.2 Å². The lowest BCUT2D eigenvalue weighted by Gasteiger charge is -2.23. The van der Waals surface area contributed by atoms with Crippen LogP contribution in [0.1, 0.15) is 79.0 Å². The van der Waals surface area contributed by atoms with E-state index in [4.69, 9.17) is 23.7 Å². The highest BCUT2D eigenvalue weighted by Crippen LogP contribution is 2.28. The summed E-state index contributed by atoms with van der Waals surface area (Å²) in [6.45, 7) is 5.89. The fraction of sp³-hybridized carbons (Fsp3) is 0.333. The summed E-state index contributed by atoms with van der Waals surface area (Å²) in [5, 5.41) is 0. The van der Waals surface area contributed by atoms with Gasteiger partial charge in [-0.1, -0.05) is 61.9 Å². The number of ether oxygens (including phenoxy) is 5. The summed E-state index contributed by atoms with van der Waals surface area (Å²) in [7, 11) is 0. The Morgan fingerprint density at radius 3 is 1.43 bits per heavy atom. The number of benzene rings is 5. The normalized spacial score (nSPS) is 15.5. The van der Waals surface area contributed by atoms with Gasteiger partial charge in [0.2, 0.25) is 0 Å². The number of carbonyl (C=O) groups excluding carboxylic acids is 2. The van der Waals surface area contributed by atoms with Crippen molar-refractivity contribution < 1.29 is 33.3 Å². The molecule has 2 aliphatic rings. The van der Waals surface area contributed by atoms with Gasteiger partial charge >= 0.3 is 5.97 Å². The quantitative estimate of drug-likeness (QED) is 0.0319. The molecule has 0 spiro atoms. The highest BCUT2D eigenvalue weighted by atomic mass is 16.6. The Kier molecular flexibility index (Phi) is 13.5. The van der Waals surface area contributed by atoms with Gasteiger partial charge in [-0.15, -0.1) is 0 Å². The van der Waals surface area contributed by atoms with Crippen LogP contribution in [0.4, 0.5) is 5.69 Å². The number of hydrogen-bond acceptors (Lipinski definition) is 7. The first-order valence-corrected chi connectivity index (χ1v) is 20.1. The minimum Gasteiger partial charge on any atom is -0.494 e. The summed E-state index contributed by atoms with van der Waals surface area (Å²) < 4.78 is 28.0. The number of carbonyl (C=O) groups is 2. The second-order valence-electron chi connectivity index (χ2n) is 14.5. The second kappa shape index (κ2) is 19.4. The van der Waals surface area contributed by atoms with Crippen molar-refractivity contribution in [1.82, 2.24) is 0 Å². The SMILES string of the molecule is CCCCN(C(=O)c1ccc(-c2ccc(OCCCCC3CO3)cc2)cc1)c1ccc(OC(=O)c2ccc(-c3ccc(OCCCCC4CO4)cc3)cc2)cc1. The molecule has 2 atom stereocenters. The van der Waals surface area contributed by atoms with Crippen LogP contribution in [-0.2, 0) is 9.47 Å². The molecule has 0 radical (unpaired) electrons. The number of anilines is 1. The number of amides is 1. The molecule has 8 nitrogen and oxygen atoms in total. The van der Waals surface area contributed by atoms with Crippen LogP contribution in [0.25, 0.3) is 22.3 Å². The molecular weight excluding hydrogens is 703 g/mol. The van der Waals surface area contributed by atoms with E-state index in [0.717, 1.165) is 104 Å². The lowest BCUT2D eigenvalue weighted by atomic mass is 10.0. The minimum absolute atomic E-state index is 0.0796. The van der Waals surface area contributed by atoms with Crippen molar-refractivity contribution in [1.29, 1.82) is 0 Å². The Hall–Kier alpha value is -5.44. The zero-order valence-electron chi connectivity index (χ0n) is 32.2. The predicted octanol–water partition coefficient (Wildman–Crippen LogP) is 10.6. The van der Waals surface area contributed by atoms with Crippen LogP contribution in [0.2, 0.25) is 0 Å². The lowest BCUT2D eigenvalue weighted by Crippen LogP contribution is -2.31. The van der Waals surface area contributed by atoms with Crippen molar-refractivity contribution in [3.63, 3.8) is 0 Å². The topological polar surface area (TPSA) is 90.1 Å². The molecule has 5 aromatic carbocycles. The number of nitrogens with zero attached hydrogens (tertiary/aromatic N) is 1. The number of hydrogen-bond donors (Lipinski definition) is 0. The van der Waals surface area contributed by atoms with E-state index in [1.807, 2.05) is 97.1 Å². The average Bonchev–Trinajstić information content (AvgIpc) is 4.19. The summed E-state index contributed by atoms with van der Waals surface area (Å²) in [4.78, 5) is 28.7. The standard InChI is InChI=1S/C48H51NO7/c1-2-3-30-49(47(50)39-14-10-35(11-15-39)37-18-24-42(25-19-37)52-31-6-4-8-45-33-54-45)41-22-28-44(29-23-41)56-48(51)40-16-12-36(13-17-40)38-20-26-43(27-21-38)53-32-7-5-9-46-34-55-46/h10-29,45-46H,2-9,30-34H2,1H3. The summed E-state index contributed by atoms with van der Waals surface area (Å²) in [5.41, 5.74) is 5.92. The van der Waals surface area contributed by atoms with E-state index in [9.17, 15) is 9.59 Å². The van der Waals surface area contributed by atoms with E-state index >= 15 is 0 Å². The van der Waals surface area contributed by atoms with Gasteiger partial charge in [-0.25, -0.2) is 4.79 Å². The molecule has 5 aromatic rings. The molecule has 0 saturated carbocycles. The van der Waals surface area contributed by atoms with Crippen LogP contribution >= 0.6 is 0 Å². The summed E-state index contributed by atoms with van der Waals surface area (Å²) in [6, 6.07) is 38.3. The van der Waals surface area contributed by atoms with Gasteiger partial charge in [0.15, 0.2) is 0 Å². The third-order valence-electron chi connectivity index (χ3n) is 10.2.